The van der Waals surface area contributed by atoms with Gasteiger partial charge in [-0.05, 0) is 11.0 Å². The Bertz CT molecular complexity index is 673. The van der Waals surface area contributed by atoms with Crippen molar-refractivity contribution in [1.82, 2.24) is 4.90 Å². The van der Waals surface area contributed by atoms with Gasteiger partial charge in [-0.3, -0.25) is 20.2 Å². The fourth-order valence-electron chi connectivity index (χ4n) is 1.58. The van der Waals surface area contributed by atoms with E-state index in [1.165, 1.54) is 7.05 Å². The van der Waals surface area contributed by atoms with Crippen LogP contribution in [0.25, 0.3) is 0 Å². The Morgan fingerprint density at radius 1 is 1.10 bits per heavy atom. The third kappa shape index (κ3) is 2.54. The Hall–Kier alpha value is -3.31. The fraction of sp³-hybridized carbons (Fsp3) is 0.111. The van der Waals surface area contributed by atoms with Crippen LogP contribution in [0.1, 0.15) is 0 Å². The van der Waals surface area contributed by atoms with Crippen LogP contribution in [0.3, 0.4) is 0 Å². The van der Waals surface area contributed by atoms with Gasteiger partial charge in [0, 0.05) is 11.2 Å². The number of hydrogen-bond donors (Lipinski definition) is 0. The van der Waals surface area contributed by atoms with Gasteiger partial charge in [0.25, 0.3) is 5.69 Å². The van der Waals surface area contributed by atoms with Crippen molar-refractivity contribution >= 4 is 23.0 Å². The Balaban J connectivity index is 2.48. The van der Waals surface area contributed by atoms with Crippen LogP contribution >= 0.6 is 0 Å². The zero-order valence-electron chi connectivity index (χ0n) is 10.4. The lowest BCUT2D eigenvalue weighted by Crippen LogP contribution is -2.27. The van der Waals surface area contributed by atoms with E-state index in [0.29, 0.717) is 0 Å². The van der Waals surface area contributed by atoms with Crippen LogP contribution in [0.5, 0.6) is 0 Å². The maximum atomic E-state index is 11.0. The van der Waals surface area contributed by atoms with Crippen LogP contribution in [-0.2, 0) is 0 Å². The molecule has 108 valence electrons. The van der Waals surface area contributed by atoms with E-state index < -0.39 is 32.1 Å². The minimum Gasteiger partial charge on any atom is -0.390 e. The smallest absolute Gasteiger partial charge is 0.390 e. The third-order valence-electron chi connectivity index (χ3n) is 2.49. The summed E-state index contributed by atoms with van der Waals surface area (Å²) in [5.41, 5.74) is -1.26. The van der Waals surface area contributed by atoms with Crippen molar-refractivity contribution in [3.63, 3.8) is 0 Å². The van der Waals surface area contributed by atoms with Gasteiger partial charge in [0.05, 0.1) is 23.0 Å². The summed E-state index contributed by atoms with van der Waals surface area (Å²) in [6, 6.07) is 2.85. The van der Waals surface area contributed by atoms with Crippen LogP contribution in [0.2, 0.25) is 0 Å². The largest absolute Gasteiger partial charge is 0.452 e. The molecule has 0 unspecified atom stereocenters. The van der Waals surface area contributed by atoms with Crippen LogP contribution in [0.15, 0.2) is 23.3 Å². The van der Waals surface area contributed by atoms with E-state index in [-0.39, 0.29) is 5.69 Å². The zero-order chi connectivity index (χ0) is 15.7. The monoisotopic (exact) mass is 294 g/mol. The van der Waals surface area contributed by atoms with Gasteiger partial charge in [-0.15, -0.1) is 5.01 Å². The molecular weight excluding hydrogens is 288 g/mol. The molecule has 0 amide bonds. The second kappa shape index (κ2) is 4.99. The van der Waals surface area contributed by atoms with Crippen LogP contribution in [0, 0.1) is 37.0 Å². The molecule has 0 fully saturated rings. The van der Waals surface area contributed by atoms with Crippen LogP contribution in [0.4, 0.5) is 17.1 Å². The van der Waals surface area contributed by atoms with Gasteiger partial charge in [-0.25, -0.2) is 4.90 Å². The predicted octanol–water partition coefficient (Wildman–Crippen LogP) is 0.799. The third-order valence-corrected chi connectivity index (χ3v) is 2.49. The summed E-state index contributed by atoms with van der Waals surface area (Å²) >= 11 is 0. The average molecular weight is 294 g/mol. The van der Waals surface area contributed by atoms with Crippen molar-refractivity contribution in [2.24, 2.45) is 5.10 Å². The molecule has 1 aliphatic heterocycles. The lowest BCUT2D eigenvalue weighted by Gasteiger charge is -2.07. The molecule has 0 aliphatic carbocycles. The van der Waals surface area contributed by atoms with Crippen LogP contribution < -0.4 is 5.01 Å². The summed E-state index contributed by atoms with van der Waals surface area (Å²) in [5, 5.41) is 36.6. The molecule has 12 heteroatoms. The first-order valence-electron chi connectivity index (χ1n) is 5.27. The summed E-state index contributed by atoms with van der Waals surface area (Å²) in [4.78, 5) is 30.8. The van der Waals surface area contributed by atoms with Gasteiger partial charge in [0.2, 0.25) is 0 Å². The molecule has 2 rings (SSSR count). The Morgan fingerprint density at radius 2 is 1.76 bits per heavy atom. The first-order chi connectivity index (χ1) is 9.81. The number of non-ortho nitro benzene ring substituents is 1. The molecule has 0 spiro atoms. The molecule has 0 bridgehead atoms. The number of nitro groups is 3. The average Bonchev–Trinajstić information content (AvgIpc) is 2.80. The molecule has 1 aromatic carbocycles. The van der Waals surface area contributed by atoms with Gasteiger partial charge < -0.3 is 10.1 Å². The number of nitrogens with zero attached hydrogens (tertiary/aromatic N) is 6. The van der Waals surface area contributed by atoms with Crippen molar-refractivity contribution in [2.75, 3.05) is 12.1 Å². The van der Waals surface area contributed by atoms with Crippen molar-refractivity contribution in [3.05, 3.63) is 55.2 Å². The van der Waals surface area contributed by atoms with Crippen molar-refractivity contribution in [3.8, 4) is 0 Å². The van der Waals surface area contributed by atoms with Gasteiger partial charge in [-0.2, -0.15) is 0 Å². The second-order valence-electron chi connectivity index (χ2n) is 3.82. The molecule has 1 heterocycles. The summed E-state index contributed by atoms with van der Waals surface area (Å²) < 4.78 is 0. The van der Waals surface area contributed by atoms with E-state index in [4.69, 9.17) is 0 Å². The molecule has 0 saturated carbocycles. The first kappa shape index (κ1) is 14.1. The van der Waals surface area contributed by atoms with E-state index in [0.717, 1.165) is 28.1 Å². The van der Waals surface area contributed by atoms with Crippen molar-refractivity contribution in [1.29, 1.82) is 0 Å². The zero-order valence-corrected chi connectivity index (χ0v) is 10.4. The number of hydrazone groups is 1. The van der Waals surface area contributed by atoms with E-state index in [2.05, 4.69) is 11.8 Å². The molecular formula is C9H6N6O6. The topological polar surface area (TPSA) is 148 Å². The maximum Gasteiger partial charge on any atom is 0.452 e. The number of rotatable bonds is 3. The Morgan fingerprint density at radius 3 is 2.24 bits per heavy atom. The molecule has 0 N–H and O–H groups in total. The molecule has 2 radical (unpaired) electrons. The fourth-order valence-corrected chi connectivity index (χ4v) is 1.58. The predicted molar refractivity (Wildman–Crippen MR) is 67.7 cm³/mol. The second-order valence-corrected chi connectivity index (χ2v) is 3.82. The van der Waals surface area contributed by atoms with Crippen molar-refractivity contribution in [2.45, 2.75) is 0 Å². The van der Waals surface area contributed by atoms with E-state index in [1.54, 1.807) is 0 Å². The van der Waals surface area contributed by atoms with Gasteiger partial charge in [0.15, 0.2) is 5.69 Å². The quantitative estimate of drug-likeness (QED) is 0.586. The highest BCUT2D eigenvalue weighted by Crippen LogP contribution is 2.34. The molecule has 21 heavy (non-hydrogen) atoms. The number of guanidine groups is 1. The summed E-state index contributed by atoms with van der Waals surface area (Å²) in [6.07, 6.45) is 0. The molecule has 0 aromatic heterocycles. The summed E-state index contributed by atoms with van der Waals surface area (Å²) in [7, 11) is 1.29. The lowest BCUT2D eigenvalue weighted by molar-refractivity contribution is -0.393. The van der Waals surface area contributed by atoms with E-state index in [1.807, 2.05) is 0 Å². The molecule has 1 aromatic rings. The molecule has 1 aliphatic rings. The lowest BCUT2D eigenvalue weighted by atomic mass is 10.2. The highest BCUT2D eigenvalue weighted by Gasteiger charge is 2.38. The highest BCUT2D eigenvalue weighted by molar-refractivity contribution is 5.79. The normalized spacial score (nSPS) is 14.0. The minimum absolute atomic E-state index is 0.172. The van der Waals surface area contributed by atoms with E-state index >= 15 is 0 Å². The number of anilines is 1. The number of benzene rings is 1. The number of nitro benzene ring substituents is 2. The van der Waals surface area contributed by atoms with Crippen LogP contribution in [-0.4, -0.2) is 32.7 Å². The Labute approximate surface area is 116 Å². The summed E-state index contributed by atoms with van der Waals surface area (Å²) in [5.74, 6) is -0.581. The van der Waals surface area contributed by atoms with Crippen molar-refractivity contribution < 1.29 is 14.8 Å². The highest BCUT2D eigenvalue weighted by atomic mass is 16.6. The standard InChI is InChI=1S/C9H6N6O6/c1-11-5-12(10-9(11)15(20)21)7-3-2-6(13(16)17)4-8(7)14(18)19/h2-4H,1H3. The first-order valence-corrected chi connectivity index (χ1v) is 5.27. The van der Waals surface area contributed by atoms with Gasteiger partial charge in [0.1, 0.15) is 0 Å². The van der Waals surface area contributed by atoms with Gasteiger partial charge >= 0.3 is 18.3 Å². The SMILES string of the molecule is CN1[C]N(c2ccc([N+](=O)[O-])cc2[N+](=O)[O-])N=C1[N+](=O)[O-]. The summed E-state index contributed by atoms with van der Waals surface area (Å²) in [6.45, 7) is 2.39. The Kier molecular flexibility index (Phi) is 3.35. The maximum absolute atomic E-state index is 11.0. The molecule has 12 nitrogen and oxygen atoms in total. The van der Waals surface area contributed by atoms with Gasteiger partial charge in [-0.1, -0.05) is 0 Å². The molecule has 0 atom stereocenters. The number of hydrogen-bond acceptors (Lipinski definition) is 9. The molecule has 0 saturated heterocycles. The minimum atomic E-state index is -0.844. The van der Waals surface area contributed by atoms with E-state index in [9.17, 15) is 30.3 Å².